The Kier molecular flexibility index (Phi) is 4.65. The molecule has 0 bridgehead atoms. The maximum absolute atomic E-state index is 12.9. The number of fused-ring (bicyclic) bond motifs is 1. The smallest absolute Gasteiger partial charge is 0.181 e. The van der Waals surface area contributed by atoms with E-state index in [2.05, 4.69) is 31.9 Å². The first-order chi connectivity index (χ1) is 10.7. The molecular weight excluding hydrogens is 301 g/mol. The van der Waals surface area contributed by atoms with E-state index in [1.807, 2.05) is 12.1 Å². The molecule has 1 aromatic carbocycles. The topological polar surface area (TPSA) is 57.7 Å². The summed E-state index contributed by atoms with van der Waals surface area (Å²) >= 11 is 1.67. The molecule has 1 N–H and O–H groups in total. The average Bonchev–Trinajstić information content (AvgIpc) is 2.99. The van der Waals surface area contributed by atoms with E-state index < -0.39 is 0 Å². The summed E-state index contributed by atoms with van der Waals surface area (Å²) in [7, 11) is 2.05. The highest BCUT2D eigenvalue weighted by Gasteiger charge is 2.07. The van der Waals surface area contributed by atoms with Crippen molar-refractivity contribution in [2.45, 2.75) is 11.6 Å². The van der Waals surface area contributed by atoms with Gasteiger partial charge in [-0.15, -0.1) is 11.8 Å². The van der Waals surface area contributed by atoms with Crippen LogP contribution in [0.4, 0.5) is 4.39 Å². The average molecular weight is 317 g/mol. The summed E-state index contributed by atoms with van der Waals surface area (Å²) in [6, 6.07) is 6.62. The fourth-order valence-electron chi connectivity index (χ4n) is 2.13. The number of H-pyrrole nitrogens is 1. The van der Waals surface area contributed by atoms with Crippen molar-refractivity contribution in [3.8, 4) is 0 Å². The van der Waals surface area contributed by atoms with Crippen LogP contribution in [0.25, 0.3) is 11.2 Å². The molecule has 0 aliphatic heterocycles. The number of thioether (sulfide) groups is 1. The van der Waals surface area contributed by atoms with E-state index in [1.165, 1.54) is 18.5 Å². The lowest BCUT2D eigenvalue weighted by molar-refractivity contribution is 0.348. The maximum atomic E-state index is 12.9. The molecule has 2 aromatic heterocycles. The number of aromatic nitrogens is 4. The lowest BCUT2D eigenvalue weighted by Crippen LogP contribution is -2.20. The molecule has 3 rings (SSSR count). The minimum absolute atomic E-state index is 0.200. The Balaban J connectivity index is 1.52. The van der Waals surface area contributed by atoms with Gasteiger partial charge >= 0.3 is 0 Å². The molecule has 7 heteroatoms. The van der Waals surface area contributed by atoms with Gasteiger partial charge in [-0.05, 0) is 24.7 Å². The highest BCUT2D eigenvalue weighted by Crippen LogP contribution is 2.21. The molecule has 0 aliphatic carbocycles. The fraction of sp³-hybridized carbons (Fsp3) is 0.267. The molecule has 0 amide bonds. The van der Waals surface area contributed by atoms with Crippen LogP contribution in [0.5, 0.6) is 0 Å². The molecule has 0 atom stereocenters. The van der Waals surface area contributed by atoms with Crippen LogP contribution in [-0.2, 0) is 6.54 Å². The van der Waals surface area contributed by atoms with Crippen molar-refractivity contribution < 1.29 is 4.39 Å². The Labute approximate surface area is 132 Å². The van der Waals surface area contributed by atoms with Crippen LogP contribution >= 0.6 is 11.8 Å². The summed E-state index contributed by atoms with van der Waals surface area (Å²) in [6.07, 6.45) is 3.16. The van der Waals surface area contributed by atoms with Crippen molar-refractivity contribution in [1.82, 2.24) is 24.8 Å². The van der Waals surface area contributed by atoms with Gasteiger partial charge in [-0.3, -0.25) is 0 Å². The van der Waals surface area contributed by atoms with Crippen molar-refractivity contribution in [2.24, 2.45) is 0 Å². The highest BCUT2D eigenvalue weighted by atomic mass is 32.2. The van der Waals surface area contributed by atoms with E-state index in [-0.39, 0.29) is 5.82 Å². The van der Waals surface area contributed by atoms with Crippen LogP contribution in [0.15, 0.2) is 41.9 Å². The molecule has 0 spiro atoms. The van der Waals surface area contributed by atoms with Crippen LogP contribution < -0.4 is 0 Å². The van der Waals surface area contributed by atoms with Gasteiger partial charge in [0.25, 0.3) is 0 Å². The summed E-state index contributed by atoms with van der Waals surface area (Å²) in [4.78, 5) is 17.8. The van der Waals surface area contributed by atoms with Crippen molar-refractivity contribution in [3.63, 3.8) is 0 Å². The third kappa shape index (κ3) is 3.61. The third-order valence-electron chi connectivity index (χ3n) is 3.27. The first-order valence-electron chi connectivity index (χ1n) is 6.92. The molecule has 2 heterocycles. The van der Waals surface area contributed by atoms with E-state index >= 15 is 0 Å². The zero-order valence-electron chi connectivity index (χ0n) is 12.2. The van der Waals surface area contributed by atoms with E-state index in [9.17, 15) is 4.39 Å². The monoisotopic (exact) mass is 317 g/mol. The zero-order valence-corrected chi connectivity index (χ0v) is 13.0. The predicted octanol–water partition coefficient (Wildman–Crippen LogP) is 2.72. The number of hydrogen-bond acceptors (Lipinski definition) is 5. The summed E-state index contributed by atoms with van der Waals surface area (Å²) in [6.45, 7) is 1.70. The SMILES string of the molecule is CN(CCSc1ncnc2nc[nH]c12)Cc1ccc(F)cc1. The highest BCUT2D eigenvalue weighted by molar-refractivity contribution is 7.99. The molecule has 22 heavy (non-hydrogen) atoms. The summed E-state index contributed by atoms with van der Waals surface area (Å²) in [5, 5.41) is 0.915. The van der Waals surface area contributed by atoms with Crippen molar-refractivity contribution in [1.29, 1.82) is 0 Å². The fourth-order valence-corrected chi connectivity index (χ4v) is 3.14. The van der Waals surface area contributed by atoms with E-state index in [1.54, 1.807) is 18.1 Å². The first kappa shape index (κ1) is 14.9. The number of benzene rings is 1. The van der Waals surface area contributed by atoms with Crippen LogP contribution in [0.1, 0.15) is 5.56 Å². The van der Waals surface area contributed by atoms with Gasteiger partial charge in [0.05, 0.1) is 6.33 Å². The van der Waals surface area contributed by atoms with E-state index in [4.69, 9.17) is 0 Å². The number of rotatable bonds is 6. The number of imidazole rings is 1. The number of nitrogens with one attached hydrogen (secondary N) is 1. The molecular formula is C15H16FN5S. The second kappa shape index (κ2) is 6.85. The largest absolute Gasteiger partial charge is 0.341 e. The van der Waals surface area contributed by atoms with Crippen LogP contribution in [0.2, 0.25) is 0 Å². The van der Waals surface area contributed by atoms with Gasteiger partial charge in [-0.25, -0.2) is 19.3 Å². The molecule has 0 saturated carbocycles. The Morgan fingerprint density at radius 2 is 2.00 bits per heavy atom. The molecule has 0 unspecified atom stereocenters. The van der Waals surface area contributed by atoms with Crippen molar-refractivity contribution in [3.05, 3.63) is 48.3 Å². The van der Waals surface area contributed by atoms with Crippen LogP contribution in [0, 0.1) is 5.82 Å². The van der Waals surface area contributed by atoms with E-state index in [0.29, 0.717) is 5.65 Å². The minimum atomic E-state index is -0.200. The number of aromatic amines is 1. The number of hydrogen-bond donors (Lipinski definition) is 1. The molecule has 0 fully saturated rings. The third-order valence-corrected chi connectivity index (χ3v) is 4.24. The molecule has 0 radical (unpaired) electrons. The second-order valence-corrected chi connectivity index (χ2v) is 6.08. The lowest BCUT2D eigenvalue weighted by atomic mass is 10.2. The summed E-state index contributed by atoms with van der Waals surface area (Å²) in [5.74, 6) is 0.706. The molecule has 3 aromatic rings. The molecule has 0 aliphatic rings. The Morgan fingerprint density at radius 3 is 2.82 bits per heavy atom. The van der Waals surface area contributed by atoms with Gasteiger partial charge in [0.15, 0.2) is 5.65 Å². The van der Waals surface area contributed by atoms with Gasteiger partial charge < -0.3 is 9.88 Å². The van der Waals surface area contributed by atoms with Gasteiger partial charge in [0, 0.05) is 18.8 Å². The quantitative estimate of drug-likeness (QED) is 0.559. The van der Waals surface area contributed by atoms with Gasteiger partial charge in [0.1, 0.15) is 22.7 Å². The first-order valence-corrected chi connectivity index (χ1v) is 7.91. The summed E-state index contributed by atoms with van der Waals surface area (Å²) < 4.78 is 12.9. The van der Waals surface area contributed by atoms with Crippen molar-refractivity contribution >= 4 is 22.9 Å². The summed E-state index contributed by atoms with van der Waals surface area (Å²) in [5.41, 5.74) is 2.68. The lowest BCUT2D eigenvalue weighted by Gasteiger charge is -2.16. The zero-order chi connectivity index (χ0) is 15.4. The Bertz CT molecular complexity index is 743. The predicted molar refractivity (Wildman–Crippen MR) is 85.1 cm³/mol. The number of halogens is 1. The molecule has 0 saturated heterocycles. The Hall–Kier alpha value is -1.99. The molecule has 5 nitrogen and oxygen atoms in total. The van der Waals surface area contributed by atoms with Crippen LogP contribution in [-0.4, -0.2) is 44.2 Å². The van der Waals surface area contributed by atoms with E-state index in [0.717, 1.165) is 34.9 Å². The van der Waals surface area contributed by atoms with Gasteiger partial charge in [-0.2, -0.15) is 0 Å². The standard InChI is InChI=1S/C15H16FN5S/c1-21(8-11-2-4-12(16)5-3-11)6-7-22-15-13-14(18-9-17-13)19-10-20-15/h2-5,9-10H,6-8H2,1H3,(H,17,18,19,20). The van der Waals surface area contributed by atoms with Crippen LogP contribution in [0.3, 0.4) is 0 Å². The minimum Gasteiger partial charge on any atom is -0.341 e. The van der Waals surface area contributed by atoms with Crippen molar-refractivity contribution in [2.75, 3.05) is 19.3 Å². The maximum Gasteiger partial charge on any atom is 0.181 e. The normalized spacial score (nSPS) is 11.4. The van der Waals surface area contributed by atoms with Gasteiger partial charge in [0.2, 0.25) is 0 Å². The Morgan fingerprint density at radius 1 is 1.18 bits per heavy atom. The second-order valence-electron chi connectivity index (χ2n) is 4.99. The number of nitrogens with zero attached hydrogens (tertiary/aromatic N) is 4. The van der Waals surface area contributed by atoms with Gasteiger partial charge in [-0.1, -0.05) is 12.1 Å². The molecule has 114 valence electrons.